The number of aromatic nitrogens is 3. The van der Waals surface area contributed by atoms with Gasteiger partial charge in [-0.05, 0) is 65.9 Å². The Kier molecular flexibility index (Phi) is 7.14. The zero-order valence-electron chi connectivity index (χ0n) is 18.3. The van der Waals surface area contributed by atoms with E-state index in [-0.39, 0.29) is 0 Å². The third-order valence-electron chi connectivity index (χ3n) is 6.04. The molecule has 34 heavy (non-hydrogen) atoms. The second-order valence-electron chi connectivity index (χ2n) is 8.41. The fourth-order valence-electron chi connectivity index (χ4n) is 4.35. The maximum Gasteiger partial charge on any atom is 0.160 e. The van der Waals surface area contributed by atoms with E-state index < -0.39 is 0 Å². The molecule has 0 unspecified atom stereocenters. The van der Waals surface area contributed by atoms with Crippen LogP contribution in [0.15, 0.2) is 60.8 Å². The molecule has 4 aromatic rings. The Hall–Kier alpha value is -2.08. The highest BCUT2D eigenvalue weighted by molar-refractivity contribution is 6.42. The second-order valence-corrected chi connectivity index (χ2v) is 10.0. The lowest BCUT2D eigenvalue weighted by Gasteiger charge is -2.20. The van der Waals surface area contributed by atoms with Crippen LogP contribution in [0.4, 0.5) is 0 Å². The molecule has 174 valence electrons. The molecule has 2 aromatic heterocycles. The Morgan fingerprint density at radius 3 is 2.21 bits per heavy atom. The van der Waals surface area contributed by atoms with E-state index >= 15 is 0 Å². The lowest BCUT2D eigenvalue weighted by Crippen LogP contribution is -2.24. The van der Waals surface area contributed by atoms with Crippen molar-refractivity contribution in [2.24, 2.45) is 0 Å². The van der Waals surface area contributed by atoms with Crippen molar-refractivity contribution < 1.29 is 0 Å². The Morgan fingerprint density at radius 1 is 0.794 bits per heavy atom. The maximum atomic E-state index is 6.28. The molecule has 3 heterocycles. The van der Waals surface area contributed by atoms with E-state index in [9.17, 15) is 0 Å². The van der Waals surface area contributed by atoms with Crippen molar-refractivity contribution in [3.63, 3.8) is 0 Å². The summed E-state index contributed by atoms with van der Waals surface area (Å²) in [4.78, 5) is 12.0. The lowest BCUT2D eigenvalue weighted by atomic mass is 10.1. The van der Waals surface area contributed by atoms with Crippen molar-refractivity contribution in [3.05, 3.63) is 97.8 Å². The summed E-state index contributed by atoms with van der Waals surface area (Å²) in [6.07, 6.45) is 5.95. The van der Waals surface area contributed by atoms with Gasteiger partial charge in [-0.2, -0.15) is 0 Å². The first-order valence-electron chi connectivity index (χ1n) is 11.1. The maximum absolute atomic E-state index is 6.28. The first kappa shape index (κ1) is 23.7. The third-order valence-corrected chi connectivity index (χ3v) is 7.52. The molecule has 0 aliphatic carbocycles. The molecule has 1 aliphatic rings. The lowest BCUT2D eigenvalue weighted by molar-refractivity contribution is 0.281. The van der Waals surface area contributed by atoms with Gasteiger partial charge in [0.25, 0.3) is 0 Å². The smallest absolute Gasteiger partial charge is 0.160 e. The van der Waals surface area contributed by atoms with Crippen LogP contribution in [0, 0.1) is 0 Å². The molecule has 0 radical (unpaired) electrons. The Bertz CT molecular complexity index is 1380. The molecule has 0 bridgehead atoms. The van der Waals surface area contributed by atoms with Crippen LogP contribution in [0.2, 0.25) is 20.1 Å². The highest BCUT2D eigenvalue weighted by Crippen LogP contribution is 2.29. The van der Waals surface area contributed by atoms with E-state index in [1.165, 1.54) is 5.57 Å². The Morgan fingerprint density at radius 2 is 1.50 bits per heavy atom. The Labute approximate surface area is 218 Å². The summed E-state index contributed by atoms with van der Waals surface area (Å²) in [5, 5.41) is 2.27. The molecule has 0 saturated carbocycles. The number of imidazole rings is 1. The molecule has 0 atom stereocenters. The number of benzene rings is 2. The van der Waals surface area contributed by atoms with Gasteiger partial charge in [0.05, 0.1) is 26.6 Å². The van der Waals surface area contributed by atoms with Crippen LogP contribution in [0.25, 0.3) is 16.7 Å². The molecule has 0 amide bonds. The van der Waals surface area contributed by atoms with Gasteiger partial charge >= 0.3 is 0 Å². The number of nitrogens with zero attached hydrogens (tertiary/aromatic N) is 4. The predicted octanol–water partition coefficient (Wildman–Crippen LogP) is 7.77. The molecule has 2 aromatic carbocycles. The van der Waals surface area contributed by atoms with Crippen molar-refractivity contribution in [1.29, 1.82) is 0 Å². The highest BCUT2D eigenvalue weighted by Gasteiger charge is 2.19. The molecular formula is C26H22Cl4N4. The summed E-state index contributed by atoms with van der Waals surface area (Å²) < 4.78 is 2.18. The number of fused-ring (bicyclic) bond motifs is 1. The van der Waals surface area contributed by atoms with Crippen LogP contribution in [0.1, 0.15) is 29.8 Å². The SMILES string of the molecule is Clc1ccc(CN2CCC=C(c3nc4cccnc4n3Cc3ccc(Cl)c(Cl)c3)CC2)cc1Cl. The molecule has 1 aliphatic heterocycles. The summed E-state index contributed by atoms with van der Waals surface area (Å²) in [6, 6.07) is 15.5. The van der Waals surface area contributed by atoms with E-state index in [4.69, 9.17) is 51.4 Å². The number of pyridine rings is 1. The number of hydrogen-bond acceptors (Lipinski definition) is 3. The van der Waals surface area contributed by atoms with Crippen LogP contribution in [0.3, 0.4) is 0 Å². The van der Waals surface area contributed by atoms with E-state index in [0.717, 1.165) is 60.6 Å². The summed E-state index contributed by atoms with van der Waals surface area (Å²) >= 11 is 24.7. The van der Waals surface area contributed by atoms with Gasteiger partial charge in [0, 0.05) is 25.8 Å². The van der Waals surface area contributed by atoms with E-state index in [2.05, 4.69) is 20.5 Å². The first-order valence-corrected chi connectivity index (χ1v) is 12.6. The minimum absolute atomic E-state index is 0.546. The summed E-state index contributed by atoms with van der Waals surface area (Å²) in [6.45, 7) is 3.34. The molecule has 0 N–H and O–H groups in total. The summed E-state index contributed by atoms with van der Waals surface area (Å²) in [5.74, 6) is 0.955. The minimum atomic E-state index is 0.546. The van der Waals surface area contributed by atoms with Gasteiger partial charge in [-0.3, -0.25) is 4.90 Å². The summed E-state index contributed by atoms with van der Waals surface area (Å²) in [7, 11) is 0. The van der Waals surface area contributed by atoms with Crippen LogP contribution in [-0.4, -0.2) is 32.5 Å². The molecule has 8 heteroatoms. The van der Waals surface area contributed by atoms with Gasteiger partial charge in [-0.15, -0.1) is 0 Å². The third kappa shape index (κ3) is 5.12. The topological polar surface area (TPSA) is 34.0 Å². The van der Waals surface area contributed by atoms with Gasteiger partial charge in [-0.1, -0.05) is 64.6 Å². The van der Waals surface area contributed by atoms with E-state index in [1.54, 1.807) is 6.20 Å². The fourth-order valence-corrected chi connectivity index (χ4v) is 4.99. The second kappa shape index (κ2) is 10.3. The van der Waals surface area contributed by atoms with Gasteiger partial charge in [0.15, 0.2) is 5.65 Å². The van der Waals surface area contributed by atoms with Crippen LogP contribution in [0.5, 0.6) is 0 Å². The Balaban J connectivity index is 1.40. The van der Waals surface area contributed by atoms with Crippen LogP contribution >= 0.6 is 46.4 Å². The van der Waals surface area contributed by atoms with Crippen molar-refractivity contribution in [1.82, 2.24) is 19.4 Å². The molecule has 0 fully saturated rings. The number of hydrogen-bond donors (Lipinski definition) is 0. The number of rotatable bonds is 5. The average Bonchev–Trinajstić information content (AvgIpc) is 3.02. The van der Waals surface area contributed by atoms with Crippen molar-refractivity contribution in [2.45, 2.75) is 25.9 Å². The van der Waals surface area contributed by atoms with Crippen molar-refractivity contribution in [3.8, 4) is 0 Å². The van der Waals surface area contributed by atoms with Crippen molar-refractivity contribution in [2.75, 3.05) is 13.1 Å². The van der Waals surface area contributed by atoms with Crippen molar-refractivity contribution >= 4 is 63.1 Å². The molecular weight excluding hydrogens is 510 g/mol. The molecule has 0 saturated heterocycles. The minimum Gasteiger partial charge on any atom is -0.304 e. The molecule has 5 rings (SSSR count). The zero-order chi connectivity index (χ0) is 23.7. The number of halogens is 4. The standard InChI is InChI=1S/C26H22Cl4N4/c27-20-7-5-17(13-22(20)29)15-33-11-2-3-19(9-12-33)25-32-24-4-1-10-31-26(24)34(25)16-18-6-8-21(28)23(30)14-18/h1,3-8,10,13-14H,2,9,11-12,15-16H2. The van der Waals surface area contributed by atoms with Crippen LogP contribution in [-0.2, 0) is 13.1 Å². The quantitative estimate of drug-likeness (QED) is 0.263. The van der Waals surface area contributed by atoms with Crippen LogP contribution < -0.4 is 0 Å². The zero-order valence-corrected chi connectivity index (χ0v) is 21.3. The normalized spacial score (nSPS) is 14.9. The molecule has 0 spiro atoms. The highest BCUT2D eigenvalue weighted by atomic mass is 35.5. The van der Waals surface area contributed by atoms with E-state index in [1.807, 2.05) is 48.5 Å². The van der Waals surface area contributed by atoms with Gasteiger partial charge in [0.2, 0.25) is 0 Å². The average molecular weight is 532 g/mol. The first-order chi connectivity index (χ1) is 16.5. The van der Waals surface area contributed by atoms with Gasteiger partial charge in [0.1, 0.15) is 11.3 Å². The molecule has 4 nitrogen and oxygen atoms in total. The monoisotopic (exact) mass is 530 g/mol. The fraction of sp³-hybridized carbons (Fsp3) is 0.231. The van der Waals surface area contributed by atoms with E-state index in [0.29, 0.717) is 26.6 Å². The largest absolute Gasteiger partial charge is 0.304 e. The van der Waals surface area contributed by atoms with Gasteiger partial charge < -0.3 is 4.57 Å². The summed E-state index contributed by atoms with van der Waals surface area (Å²) in [5.41, 5.74) is 5.19. The van der Waals surface area contributed by atoms with Gasteiger partial charge in [-0.25, -0.2) is 9.97 Å². The predicted molar refractivity (Wildman–Crippen MR) is 142 cm³/mol.